The van der Waals surface area contributed by atoms with Crippen LogP contribution in [0.3, 0.4) is 0 Å². The molecule has 284 valence electrons. The van der Waals surface area contributed by atoms with Crippen molar-refractivity contribution < 1.29 is 23.9 Å². The molecule has 6 rings (SSSR count). The summed E-state index contributed by atoms with van der Waals surface area (Å²) < 4.78 is 4.73. The Labute approximate surface area is 315 Å². The summed E-state index contributed by atoms with van der Waals surface area (Å²) >= 11 is 0. The van der Waals surface area contributed by atoms with Gasteiger partial charge < -0.3 is 41.6 Å². The number of imidazole rings is 1. The van der Waals surface area contributed by atoms with Crippen LogP contribution in [-0.4, -0.2) is 82.5 Å². The van der Waals surface area contributed by atoms with Crippen LogP contribution in [0.25, 0.3) is 22.4 Å². The molecule has 14 heteroatoms. The van der Waals surface area contributed by atoms with Crippen LogP contribution in [0, 0.1) is 17.3 Å². The highest BCUT2D eigenvalue weighted by molar-refractivity contribution is 6.04. The van der Waals surface area contributed by atoms with Crippen molar-refractivity contribution in [1.29, 1.82) is 0 Å². The molecule has 4 aromatic rings. The Bertz CT molecular complexity index is 1960. The molecule has 14 nitrogen and oxygen atoms in total. The third-order valence-electron chi connectivity index (χ3n) is 10.2. The maximum Gasteiger partial charge on any atom is 0.407 e. The first kappa shape index (κ1) is 38.0. The lowest BCUT2D eigenvalue weighted by Crippen LogP contribution is -2.51. The van der Waals surface area contributed by atoms with Gasteiger partial charge in [-0.1, -0.05) is 64.1 Å². The minimum Gasteiger partial charge on any atom is -0.453 e. The molecule has 7 N–H and O–H groups in total. The smallest absolute Gasteiger partial charge is 0.407 e. The van der Waals surface area contributed by atoms with Crippen LogP contribution in [0.15, 0.2) is 73.1 Å². The molecule has 1 aliphatic carbocycles. The first-order valence-electron chi connectivity index (χ1n) is 18.3. The highest BCUT2D eigenvalue weighted by Gasteiger charge is 2.50. The molecular weight excluding hydrogens is 686 g/mol. The van der Waals surface area contributed by atoms with Crippen molar-refractivity contribution in [2.75, 3.05) is 37.4 Å². The van der Waals surface area contributed by atoms with E-state index in [4.69, 9.17) is 10.5 Å². The standard InChI is InChI=1S/C40H49N9O5/c1-23(2)34(48-39(53)54-5)38(52)49-22-28(41)18-32(49)35-45-21-31(47-35)26-10-6-24(7-11-26)25-8-12-27(13-9-25)36(50)46-29-14-15-33(44-20-29)42-16-17-43-37(51)30-19-40(30,3)4/h6-15,20-21,23,28,30,32,34H,16-19,22,41H2,1-5H3,(H,42,44)(H,43,51)(H,45,47)(H,46,50)(H,48,53)/t28-,30?,32-,34-/m0/s1. The molecular formula is C40H49N9O5. The highest BCUT2D eigenvalue weighted by Crippen LogP contribution is 2.51. The van der Waals surface area contributed by atoms with Gasteiger partial charge in [0.1, 0.15) is 17.7 Å². The number of nitrogens with one attached hydrogen (secondary N) is 5. The van der Waals surface area contributed by atoms with Gasteiger partial charge in [-0.2, -0.15) is 0 Å². The molecule has 2 fully saturated rings. The second-order valence-electron chi connectivity index (χ2n) is 15.0. The molecule has 3 heterocycles. The first-order valence-corrected chi connectivity index (χ1v) is 18.3. The number of nitrogens with two attached hydrogens (primary N) is 1. The zero-order valence-corrected chi connectivity index (χ0v) is 31.3. The molecule has 1 unspecified atom stereocenters. The van der Waals surface area contributed by atoms with Crippen LogP contribution in [0.5, 0.6) is 0 Å². The van der Waals surface area contributed by atoms with Crippen LogP contribution in [0.2, 0.25) is 0 Å². The summed E-state index contributed by atoms with van der Waals surface area (Å²) in [6, 6.07) is 17.6. The number of benzene rings is 2. The number of carbonyl (C=O) groups is 4. The fourth-order valence-electron chi connectivity index (χ4n) is 6.75. The molecule has 2 aromatic heterocycles. The average molecular weight is 736 g/mol. The van der Waals surface area contributed by atoms with Gasteiger partial charge in [0.05, 0.1) is 36.9 Å². The van der Waals surface area contributed by atoms with Crippen molar-refractivity contribution in [3.05, 3.63) is 84.4 Å². The van der Waals surface area contributed by atoms with E-state index >= 15 is 0 Å². The van der Waals surface area contributed by atoms with Crippen LogP contribution in [0.1, 0.15) is 62.8 Å². The third kappa shape index (κ3) is 8.88. The molecule has 0 radical (unpaired) electrons. The lowest BCUT2D eigenvalue weighted by atomic mass is 10.0. The number of aromatic nitrogens is 3. The lowest BCUT2D eigenvalue weighted by Gasteiger charge is -2.29. The van der Waals surface area contributed by atoms with Crippen LogP contribution >= 0.6 is 0 Å². The van der Waals surface area contributed by atoms with E-state index in [1.165, 1.54) is 7.11 Å². The third-order valence-corrected chi connectivity index (χ3v) is 10.2. The molecule has 0 bridgehead atoms. The predicted octanol–water partition coefficient (Wildman–Crippen LogP) is 4.95. The number of rotatable bonds is 13. The normalized spacial score (nSPS) is 19.2. The van der Waals surface area contributed by atoms with Gasteiger partial charge in [0.15, 0.2) is 0 Å². The minimum atomic E-state index is -0.758. The Kier molecular flexibility index (Phi) is 11.3. The lowest BCUT2D eigenvalue weighted by molar-refractivity contribution is -0.135. The summed E-state index contributed by atoms with van der Waals surface area (Å²) in [6.07, 6.45) is 4.14. The summed E-state index contributed by atoms with van der Waals surface area (Å²) in [6.45, 7) is 9.34. The number of hydrogen-bond donors (Lipinski definition) is 6. The molecule has 2 aromatic carbocycles. The molecule has 2 aliphatic rings. The van der Waals surface area contributed by atoms with Gasteiger partial charge in [0.25, 0.3) is 5.91 Å². The van der Waals surface area contributed by atoms with Crippen LogP contribution < -0.4 is 27.0 Å². The fourth-order valence-corrected chi connectivity index (χ4v) is 6.75. The van der Waals surface area contributed by atoms with E-state index in [0.717, 1.165) is 28.8 Å². The van der Waals surface area contributed by atoms with Gasteiger partial charge in [0, 0.05) is 37.2 Å². The number of aromatic amines is 1. The topological polar surface area (TPSA) is 196 Å². The van der Waals surface area contributed by atoms with Crippen molar-refractivity contribution in [2.24, 2.45) is 23.0 Å². The number of alkyl carbamates (subject to hydrolysis) is 1. The first-order chi connectivity index (χ1) is 25.8. The fraction of sp³-hybridized carbons (Fsp3) is 0.400. The van der Waals surface area contributed by atoms with E-state index in [1.807, 2.05) is 50.2 Å². The van der Waals surface area contributed by atoms with Gasteiger partial charge in [-0.3, -0.25) is 14.4 Å². The summed E-state index contributed by atoms with van der Waals surface area (Å²) in [4.78, 5) is 64.7. The van der Waals surface area contributed by atoms with Crippen molar-refractivity contribution in [2.45, 2.75) is 58.7 Å². The summed E-state index contributed by atoms with van der Waals surface area (Å²) in [5.41, 5.74) is 11.1. The molecule has 4 atom stereocenters. The zero-order valence-electron chi connectivity index (χ0n) is 31.3. The molecule has 54 heavy (non-hydrogen) atoms. The van der Waals surface area contributed by atoms with Crippen molar-refractivity contribution in [3.8, 4) is 22.4 Å². The molecule has 4 amide bonds. The number of amides is 4. The molecule has 1 saturated carbocycles. The SMILES string of the molecule is COC(=O)N[C@H](C(=O)N1C[C@@H](N)C[C@H]1c1ncc(-c2ccc(-c3ccc(C(=O)Nc4ccc(NCCNC(=O)C5CC5(C)C)nc4)cc3)cc2)[nH]1)C(C)C. The van der Waals surface area contributed by atoms with Gasteiger partial charge in [-0.25, -0.2) is 14.8 Å². The quantitative estimate of drug-likeness (QED) is 0.103. The monoisotopic (exact) mass is 735 g/mol. The zero-order chi connectivity index (χ0) is 38.6. The number of ether oxygens (including phenoxy) is 1. The number of nitrogens with zero attached hydrogens (tertiary/aromatic N) is 3. The Morgan fingerprint density at radius 1 is 0.944 bits per heavy atom. The highest BCUT2D eigenvalue weighted by atomic mass is 16.5. The summed E-state index contributed by atoms with van der Waals surface area (Å²) in [5.74, 6) is 0.850. The van der Waals surface area contributed by atoms with Crippen molar-refractivity contribution in [3.63, 3.8) is 0 Å². The summed E-state index contributed by atoms with van der Waals surface area (Å²) in [7, 11) is 1.27. The molecule has 1 aliphatic heterocycles. The number of likely N-dealkylation sites (tertiary alicyclic amines) is 1. The Hall–Kier alpha value is -5.76. The van der Waals surface area contributed by atoms with E-state index in [1.54, 1.807) is 41.6 Å². The Morgan fingerprint density at radius 3 is 2.22 bits per heavy atom. The Balaban J connectivity index is 1.02. The average Bonchev–Trinajstić information content (AvgIpc) is 3.45. The van der Waals surface area contributed by atoms with Gasteiger partial charge in [-0.05, 0) is 65.1 Å². The minimum absolute atomic E-state index is 0.100. The van der Waals surface area contributed by atoms with Gasteiger partial charge in [0.2, 0.25) is 11.8 Å². The maximum atomic E-state index is 13.6. The van der Waals surface area contributed by atoms with E-state index < -0.39 is 12.1 Å². The number of anilines is 2. The molecule has 1 saturated heterocycles. The number of carbonyl (C=O) groups excluding carboxylic acids is 4. The Morgan fingerprint density at radius 2 is 1.61 bits per heavy atom. The van der Waals surface area contributed by atoms with E-state index in [2.05, 4.69) is 50.1 Å². The second-order valence-corrected chi connectivity index (χ2v) is 15.0. The maximum absolute atomic E-state index is 13.6. The number of pyridine rings is 1. The van der Waals surface area contributed by atoms with E-state index in [0.29, 0.717) is 48.9 Å². The van der Waals surface area contributed by atoms with Gasteiger partial charge >= 0.3 is 6.09 Å². The number of hydrogen-bond acceptors (Lipinski definition) is 9. The van der Waals surface area contributed by atoms with Crippen LogP contribution in [-0.2, 0) is 14.3 Å². The van der Waals surface area contributed by atoms with Gasteiger partial charge in [-0.15, -0.1) is 0 Å². The second kappa shape index (κ2) is 16.1. The van der Waals surface area contributed by atoms with E-state index in [-0.39, 0.29) is 47.1 Å². The largest absolute Gasteiger partial charge is 0.453 e. The van der Waals surface area contributed by atoms with Crippen molar-refractivity contribution in [1.82, 2.24) is 30.5 Å². The van der Waals surface area contributed by atoms with Crippen LogP contribution in [0.4, 0.5) is 16.3 Å². The number of methoxy groups -OCH3 is 1. The summed E-state index contributed by atoms with van der Waals surface area (Å²) in [5, 5.41) is 11.7. The predicted molar refractivity (Wildman–Crippen MR) is 206 cm³/mol. The molecule has 0 spiro atoms. The van der Waals surface area contributed by atoms with Crippen molar-refractivity contribution >= 4 is 35.3 Å². The number of H-pyrrole nitrogens is 1. The van der Waals surface area contributed by atoms with E-state index in [9.17, 15) is 19.2 Å².